The molecule has 0 aliphatic heterocycles. The quantitative estimate of drug-likeness (QED) is 0.433. The Hall–Kier alpha value is -1.03. The van der Waals surface area contributed by atoms with Crippen molar-refractivity contribution >= 4 is 17.9 Å². The van der Waals surface area contributed by atoms with E-state index < -0.39 is 0 Å². The van der Waals surface area contributed by atoms with Gasteiger partial charge in [0.25, 0.3) is 0 Å². The van der Waals surface area contributed by atoms with Crippen LogP contribution in [0.25, 0.3) is 0 Å². The summed E-state index contributed by atoms with van der Waals surface area (Å²) in [6.45, 7) is 0.712. The molecule has 0 heterocycles. The van der Waals surface area contributed by atoms with Gasteiger partial charge in [-0.3, -0.25) is 14.4 Å². The van der Waals surface area contributed by atoms with Gasteiger partial charge in [-0.15, -0.1) is 0 Å². The Bertz CT molecular complexity index is 274. The number of hydrogen-bond acceptors (Lipinski definition) is 4. The van der Waals surface area contributed by atoms with Crippen molar-refractivity contribution in [3.63, 3.8) is 0 Å². The van der Waals surface area contributed by atoms with Crippen LogP contribution >= 0.6 is 0 Å². The maximum atomic E-state index is 11.5. The monoisotopic (exact) mass is 283 g/mol. The first-order valence-corrected chi connectivity index (χ1v) is 7.58. The highest BCUT2D eigenvalue weighted by molar-refractivity contribution is 5.79. The van der Waals surface area contributed by atoms with E-state index in [2.05, 4.69) is 0 Å². The van der Waals surface area contributed by atoms with Gasteiger partial charge in [0, 0.05) is 45.8 Å². The van der Waals surface area contributed by atoms with E-state index in [0.29, 0.717) is 38.7 Å². The molecule has 4 nitrogen and oxygen atoms in total. The topological polar surface area (TPSA) is 60.4 Å². The fourth-order valence-electron chi connectivity index (χ4n) is 1.98. The van der Waals surface area contributed by atoms with E-state index in [1.165, 1.54) is 0 Å². The molecule has 0 saturated carbocycles. The molecule has 0 aromatic heterocycles. The molecule has 0 atom stereocenters. The Morgan fingerprint density at radius 1 is 0.800 bits per heavy atom. The minimum atomic E-state index is 0.239. The molecule has 0 spiro atoms. The summed E-state index contributed by atoms with van der Waals surface area (Å²) >= 11 is 0. The molecule has 0 aromatic rings. The second-order valence-corrected chi connectivity index (χ2v) is 5.09. The lowest BCUT2D eigenvalue weighted by molar-refractivity contribution is -0.121. The van der Waals surface area contributed by atoms with Gasteiger partial charge >= 0.3 is 0 Å². The first-order valence-electron chi connectivity index (χ1n) is 7.58. The summed E-state index contributed by atoms with van der Waals surface area (Å²) in [7, 11) is 1.66. The van der Waals surface area contributed by atoms with Crippen LogP contribution in [-0.4, -0.2) is 31.6 Å². The van der Waals surface area contributed by atoms with Crippen molar-refractivity contribution in [2.24, 2.45) is 0 Å². The molecule has 0 bridgehead atoms. The van der Waals surface area contributed by atoms with Crippen molar-refractivity contribution in [3.05, 3.63) is 0 Å². The number of rotatable bonds is 15. The predicted octanol–water partition coefficient (Wildman–Crippen LogP) is 3.17. The van der Waals surface area contributed by atoms with E-state index in [1.54, 1.807) is 7.11 Å². The number of unbranched alkanes of at least 4 members (excludes halogenated alkanes) is 4. The first-order chi connectivity index (χ1) is 9.70. The van der Waals surface area contributed by atoms with E-state index in [-0.39, 0.29) is 11.6 Å². The van der Waals surface area contributed by atoms with Gasteiger partial charge in [0.1, 0.15) is 11.6 Å². The van der Waals surface area contributed by atoms with Crippen LogP contribution in [0.4, 0.5) is 0 Å². The fraction of sp³-hybridized carbons (Fsp3) is 0.812. The van der Waals surface area contributed by atoms with Crippen LogP contribution in [-0.2, 0) is 19.1 Å². The third-order valence-corrected chi connectivity index (χ3v) is 3.20. The van der Waals surface area contributed by atoms with Gasteiger partial charge in [-0.25, -0.2) is 0 Å². The third-order valence-electron chi connectivity index (χ3n) is 3.20. The van der Waals surface area contributed by atoms with E-state index in [0.717, 1.165) is 38.5 Å². The molecule has 0 amide bonds. The van der Waals surface area contributed by atoms with E-state index in [4.69, 9.17) is 4.74 Å². The number of carbonyl (C=O) groups is 2. The zero-order valence-electron chi connectivity index (χ0n) is 12.6. The van der Waals surface area contributed by atoms with Crippen LogP contribution in [0, 0.1) is 0 Å². The zero-order valence-corrected chi connectivity index (χ0v) is 12.6. The summed E-state index contributed by atoms with van der Waals surface area (Å²) in [4.78, 5) is 33.0. The molecule has 115 valence electrons. The summed E-state index contributed by atoms with van der Waals surface area (Å²) in [6, 6.07) is 0. The molecule has 0 rings (SSSR count). The van der Waals surface area contributed by atoms with E-state index in [1.807, 2.05) is 6.29 Å². The smallest absolute Gasteiger partial charge is 0.198 e. The van der Waals surface area contributed by atoms with Gasteiger partial charge in [0.2, 0.25) is 0 Å². The zero-order chi connectivity index (χ0) is 15.1. The maximum Gasteiger partial charge on any atom is 0.198 e. The average molecular weight is 283 g/mol. The minimum Gasteiger partial charge on any atom is -0.385 e. The highest BCUT2D eigenvalue weighted by Gasteiger charge is 2.05. The van der Waals surface area contributed by atoms with Crippen LogP contribution in [0.3, 0.4) is 0 Å². The van der Waals surface area contributed by atoms with Gasteiger partial charge in [-0.2, -0.15) is 0 Å². The largest absolute Gasteiger partial charge is 0.385 e. The SMILES string of the molecule is COCCCCC(=O)CCCCC(=O)CCCC[C]=O. The Kier molecular flexibility index (Phi) is 13.6. The number of Topliss-reactive ketones (excluding diaryl/α,β-unsaturated/α-hetero) is 2. The third kappa shape index (κ3) is 13.4. The van der Waals surface area contributed by atoms with Crippen LogP contribution < -0.4 is 0 Å². The van der Waals surface area contributed by atoms with Gasteiger partial charge < -0.3 is 4.74 Å². The molecule has 0 unspecified atom stereocenters. The Labute approximate surface area is 122 Å². The lowest BCUT2D eigenvalue weighted by Gasteiger charge is -2.02. The van der Waals surface area contributed by atoms with E-state index >= 15 is 0 Å². The molecule has 0 aromatic carbocycles. The highest BCUT2D eigenvalue weighted by Crippen LogP contribution is 2.08. The molecule has 20 heavy (non-hydrogen) atoms. The Morgan fingerprint density at radius 2 is 1.25 bits per heavy atom. The molecular weight excluding hydrogens is 256 g/mol. The normalized spacial score (nSPS) is 10.4. The lowest BCUT2D eigenvalue weighted by atomic mass is 10.0. The van der Waals surface area contributed by atoms with Crippen molar-refractivity contribution in [1.29, 1.82) is 0 Å². The summed E-state index contributed by atoms with van der Waals surface area (Å²) in [5, 5.41) is 0. The van der Waals surface area contributed by atoms with Crippen molar-refractivity contribution < 1.29 is 19.1 Å². The molecule has 4 heteroatoms. The second-order valence-electron chi connectivity index (χ2n) is 5.09. The van der Waals surface area contributed by atoms with Crippen LogP contribution in [0.2, 0.25) is 0 Å². The summed E-state index contributed by atoms with van der Waals surface area (Å²) in [5.41, 5.74) is 0. The number of ether oxygens (including phenoxy) is 1. The number of hydrogen-bond donors (Lipinski definition) is 0. The van der Waals surface area contributed by atoms with Crippen molar-refractivity contribution in [2.45, 2.75) is 70.6 Å². The summed E-state index contributed by atoms with van der Waals surface area (Å²) in [6.07, 6.45) is 9.49. The van der Waals surface area contributed by atoms with Crippen molar-refractivity contribution in [2.75, 3.05) is 13.7 Å². The van der Waals surface area contributed by atoms with Crippen LogP contribution in [0.1, 0.15) is 70.6 Å². The number of ketones is 2. The highest BCUT2D eigenvalue weighted by atomic mass is 16.5. The van der Waals surface area contributed by atoms with Crippen LogP contribution in [0.15, 0.2) is 0 Å². The predicted molar refractivity (Wildman–Crippen MR) is 78.4 cm³/mol. The summed E-state index contributed by atoms with van der Waals surface area (Å²) < 4.78 is 4.93. The van der Waals surface area contributed by atoms with Crippen molar-refractivity contribution in [3.8, 4) is 0 Å². The molecule has 0 aliphatic rings. The lowest BCUT2D eigenvalue weighted by Crippen LogP contribution is -2.01. The molecular formula is C16H27O4. The Morgan fingerprint density at radius 3 is 1.70 bits per heavy atom. The number of methoxy groups -OCH3 is 1. The summed E-state index contributed by atoms with van der Waals surface area (Å²) in [5.74, 6) is 0.526. The average Bonchev–Trinajstić information content (AvgIpc) is 2.44. The van der Waals surface area contributed by atoms with Crippen LogP contribution in [0.5, 0.6) is 0 Å². The van der Waals surface area contributed by atoms with E-state index in [9.17, 15) is 14.4 Å². The molecule has 1 radical (unpaired) electrons. The van der Waals surface area contributed by atoms with Gasteiger partial charge in [0.05, 0.1) is 0 Å². The van der Waals surface area contributed by atoms with Crippen molar-refractivity contribution in [1.82, 2.24) is 0 Å². The molecule has 0 saturated heterocycles. The molecule has 0 aliphatic carbocycles. The molecule has 0 N–H and O–H groups in total. The van der Waals surface area contributed by atoms with Gasteiger partial charge in [0.15, 0.2) is 6.29 Å². The minimum absolute atomic E-state index is 0.239. The number of carbonyl (C=O) groups excluding carboxylic acids is 3. The first kappa shape index (κ1) is 19.0. The van der Waals surface area contributed by atoms with Gasteiger partial charge in [-0.1, -0.05) is 0 Å². The standard InChI is InChI=1S/C16H27O4/c1-20-14-8-6-12-16(19)11-5-4-10-15(18)9-3-2-7-13-17/h2-12,14H2,1H3. The molecule has 0 fully saturated rings. The maximum absolute atomic E-state index is 11.5. The second kappa shape index (κ2) is 14.4. The Balaban J connectivity index is 3.34. The van der Waals surface area contributed by atoms with Gasteiger partial charge in [-0.05, 0) is 38.5 Å². The fourth-order valence-corrected chi connectivity index (χ4v) is 1.98.